The summed E-state index contributed by atoms with van der Waals surface area (Å²) in [7, 11) is 0. The topological polar surface area (TPSA) is 12.5 Å². The normalized spacial score (nSPS) is 32.2. The van der Waals surface area contributed by atoms with Crippen LogP contribution in [0.15, 0.2) is 0 Å². The highest BCUT2D eigenvalue weighted by atomic mass is 16.5. The van der Waals surface area contributed by atoms with Gasteiger partial charge in [0.05, 0.1) is 11.7 Å². The summed E-state index contributed by atoms with van der Waals surface area (Å²) in [4.78, 5) is 2.74. The molecule has 1 saturated carbocycles. The Bertz CT molecular complexity index is 247. The summed E-state index contributed by atoms with van der Waals surface area (Å²) >= 11 is 0. The molecule has 0 radical (unpaired) electrons. The summed E-state index contributed by atoms with van der Waals surface area (Å²) in [5, 5.41) is 0. The first-order valence-corrected chi connectivity index (χ1v) is 6.61. The Balaban J connectivity index is 1.85. The van der Waals surface area contributed by atoms with Crippen LogP contribution in [-0.2, 0) is 4.74 Å². The lowest BCUT2D eigenvalue weighted by molar-refractivity contribution is -0.0905. The highest BCUT2D eigenvalue weighted by Gasteiger charge is 2.65. The van der Waals surface area contributed by atoms with Gasteiger partial charge >= 0.3 is 0 Å². The maximum absolute atomic E-state index is 6.30. The second-order valence-corrected chi connectivity index (χ2v) is 5.89. The molecule has 3 rings (SSSR count). The van der Waals surface area contributed by atoms with Gasteiger partial charge in [-0.15, -0.1) is 0 Å². The van der Waals surface area contributed by atoms with E-state index in [1.807, 2.05) is 0 Å². The van der Waals surface area contributed by atoms with E-state index in [9.17, 15) is 0 Å². The number of rotatable bonds is 3. The van der Waals surface area contributed by atoms with Gasteiger partial charge < -0.3 is 4.74 Å². The molecule has 2 heterocycles. The number of ether oxygens (including phenoxy) is 1. The molecule has 1 aliphatic carbocycles. The zero-order valence-corrected chi connectivity index (χ0v) is 10.1. The van der Waals surface area contributed by atoms with Crippen molar-refractivity contribution in [3.63, 3.8) is 0 Å². The average Bonchev–Trinajstić information content (AvgIpc) is 2.67. The summed E-state index contributed by atoms with van der Waals surface area (Å²) in [6.07, 6.45) is 8.57. The second-order valence-electron chi connectivity index (χ2n) is 5.89. The zero-order chi connectivity index (χ0) is 10.5. The number of hydrogen-bond acceptors (Lipinski definition) is 2. The molecular weight excluding hydrogens is 186 g/mol. The van der Waals surface area contributed by atoms with Crippen molar-refractivity contribution in [3.05, 3.63) is 0 Å². The van der Waals surface area contributed by atoms with E-state index >= 15 is 0 Å². The van der Waals surface area contributed by atoms with Crippen LogP contribution in [0.5, 0.6) is 0 Å². The van der Waals surface area contributed by atoms with E-state index in [-0.39, 0.29) is 5.60 Å². The number of nitrogens with zero attached hydrogens (tertiary/aromatic N) is 1. The molecule has 86 valence electrons. The Hall–Kier alpha value is -0.0800. The molecule has 0 aromatic rings. The maximum atomic E-state index is 6.30. The van der Waals surface area contributed by atoms with E-state index in [2.05, 4.69) is 18.7 Å². The minimum Gasteiger partial charge on any atom is -0.370 e. The molecule has 0 atom stereocenters. The lowest BCUT2D eigenvalue weighted by atomic mass is 9.85. The van der Waals surface area contributed by atoms with E-state index in [1.165, 1.54) is 51.6 Å². The fraction of sp³-hybridized carbons (Fsp3) is 1.00. The van der Waals surface area contributed by atoms with E-state index < -0.39 is 0 Å². The molecule has 0 spiro atoms. The molecular formula is C13H23NO. The third kappa shape index (κ3) is 1.31. The molecule has 2 aliphatic heterocycles. The van der Waals surface area contributed by atoms with Crippen LogP contribution in [0.25, 0.3) is 0 Å². The van der Waals surface area contributed by atoms with Crippen LogP contribution in [0, 0.1) is 0 Å². The second kappa shape index (κ2) is 3.21. The molecule has 0 bridgehead atoms. The van der Waals surface area contributed by atoms with Gasteiger partial charge in [-0.05, 0) is 65.5 Å². The molecule has 3 aliphatic rings. The van der Waals surface area contributed by atoms with Gasteiger partial charge in [-0.3, -0.25) is 4.90 Å². The van der Waals surface area contributed by atoms with Gasteiger partial charge in [-0.2, -0.15) is 0 Å². The lowest BCUT2D eigenvalue weighted by Gasteiger charge is -2.41. The van der Waals surface area contributed by atoms with Crippen molar-refractivity contribution in [3.8, 4) is 0 Å². The Morgan fingerprint density at radius 1 is 1.00 bits per heavy atom. The van der Waals surface area contributed by atoms with Crippen molar-refractivity contribution < 1.29 is 4.74 Å². The summed E-state index contributed by atoms with van der Waals surface area (Å²) in [5.41, 5.74) is 0.714. The summed E-state index contributed by atoms with van der Waals surface area (Å²) in [6.45, 7) is 7.02. The minimum atomic E-state index is 0.258. The third-order valence-corrected chi connectivity index (χ3v) is 4.66. The van der Waals surface area contributed by atoms with Gasteiger partial charge in [0.2, 0.25) is 0 Å². The van der Waals surface area contributed by atoms with Crippen LogP contribution in [0.2, 0.25) is 0 Å². The Morgan fingerprint density at radius 3 is 2.07 bits per heavy atom. The largest absolute Gasteiger partial charge is 0.370 e. The summed E-state index contributed by atoms with van der Waals surface area (Å²) in [6, 6.07) is 0. The van der Waals surface area contributed by atoms with Gasteiger partial charge in [-0.1, -0.05) is 0 Å². The van der Waals surface area contributed by atoms with Crippen LogP contribution in [0.1, 0.15) is 52.4 Å². The molecule has 0 amide bonds. The molecule has 2 saturated heterocycles. The third-order valence-electron chi connectivity index (χ3n) is 4.66. The van der Waals surface area contributed by atoms with E-state index in [0.29, 0.717) is 11.6 Å². The first-order chi connectivity index (χ1) is 7.19. The molecule has 2 heteroatoms. The first-order valence-electron chi connectivity index (χ1n) is 6.61. The first kappa shape index (κ1) is 10.1. The molecule has 0 aromatic heterocycles. The maximum Gasteiger partial charge on any atom is 0.0870 e. The Morgan fingerprint density at radius 2 is 1.60 bits per heavy atom. The predicted molar refractivity (Wildman–Crippen MR) is 61.0 cm³/mol. The van der Waals surface area contributed by atoms with E-state index in [1.54, 1.807) is 0 Å². The number of hydrogen-bond donors (Lipinski definition) is 0. The summed E-state index contributed by atoms with van der Waals surface area (Å²) in [5.74, 6) is 0. The van der Waals surface area contributed by atoms with E-state index in [0.717, 1.165) is 0 Å². The fourth-order valence-corrected chi connectivity index (χ4v) is 4.11. The van der Waals surface area contributed by atoms with Crippen LogP contribution in [-0.4, -0.2) is 35.2 Å². The van der Waals surface area contributed by atoms with Gasteiger partial charge in [0.1, 0.15) is 0 Å². The SMILES string of the molecule is CC(C)OC1(C23CCCN2CCC3)CC1. The smallest absolute Gasteiger partial charge is 0.0870 e. The molecule has 2 nitrogen and oxygen atoms in total. The van der Waals surface area contributed by atoms with E-state index in [4.69, 9.17) is 4.74 Å². The lowest BCUT2D eigenvalue weighted by Crippen LogP contribution is -2.52. The van der Waals surface area contributed by atoms with Crippen molar-refractivity contribution in [2.24, 2.45) is 0 Å². The van der Waals surface area contributed by atoms with Gasteiger partial charge in [0.15, 0.2) is 0 Å². The van der Waals surface area contributed by atoms with Crippen LogP contribution >= 0.6 is 0 Å². The fourth-order valence-electron chi connectivity index (χ4n) is 4.11. The van der Waals surface area contributed by atoms with Gasteiger partial charge in [-0.25, -0.2) is 0 Å². The molecule has 3 fully saturated rings. The van der Waals surface area contributed by atoms with Crippen LogP contribution < -0.4 is 0 Å². The standard InChI is InChI=1S/C13H23NO/c1-11(2)15-13(7-8-13)12-5-3-9-14(12)10-4-6-12/h11H,3-10H2,1-2H3. The summed E-state index contributed by atoms with van der Waals surface area (Å²) < 4.78 is 6.30. The van der Waals surface area contributed by atoms with Crippen molar-refractivity contribution in [1.29, 1.82) is 0 Å². The average molecular weight is 209 g/mol. The Labute approximate surface area is 93.0 Å². The monoisotopic (exact) mass is 209 g/mol. The highest BCUT2D eigenvalue weighted by molar-refractivity contribution is 5.20. The molecule has 0 unspecified atom stereocenters. The van der Waals surface area contributed by atoms with Crippen LogP contribution in [0.4, 0.5) is 0 Å². The van der Waals surface area contributed by atoms with Crippen molar-refractivity contribution in [2.75, 3.05) is 13.1 Å². The predicted octanol–water partition coefficient (Wildman–Crippen LogP) is 2.57. The van der Waals surface area contributed by atoms with Crippen molar-refractivity contribution >= 4 is 0 Å². The minimum absolute atomic E-state index is 0.258. The van der Waals surface area contributed by atoms with Crippen molar-refractivity contribution in [1.82, 2.24) is 4.90 Å². The molecule has 0 N–H and O–H groups in total. The highest BCUT2D eigenvalue weighted by Crippen LogP contribution is 2.59. The van der Waals surface area contributed by atoms with Gasteiger partial charge in [0.25, 0.3) is 0 Å². The number of fused-ring (bicyclic) bond motifs is 1. The van der Waals surface area contributed by atoms with Gasteiger partial charge in [0, 0.05) is 5.54 Å². The Kier molecular flexibility index (Phi) is 2.16. The quantitative estimate of drug-likeness (QED) is 0.708. The zero-order valence-electron chi connectivity index (χ0n) is 10.1. The van der Waals surface area contributed by atoms with Crippen LogP contribution in [0.3, 0.4) is 0 Å². The molecule has 0 aromatic carbocycles. The van der Waals surface area contributed by atoms with Crippen molar-refractivity contribution in [2.45, 2.75) is 69.6 Å². The molecule has 15 heavy (non-hydrogen) atoms.